The Morgan fingerprint density at radius 2 is 2.07 bits per heavy atom. The normalized spacial score (nSPS) is 18.6. The van der Waals surface area contributed by atoms with Gasteiger partial charge >= 0.3 is 0 Å². The number of ether oxygens (including phenoxy) is 2. The second-order valence-corrected chi connectivity index (χ2v) is 7.27. The van der Waals surface area contributed by atoms with Crippen LogP contribution in [-0.4, -0.2) is 46.7 Å². The monoisotopic (exact) mass is 373 g/mol. The quantitative estimate of drug-likeness (QED) is 0.801. The zero-order chi connectivity index (χ0) is 19.6. The molecule has 0 saturated carbocycles. The average molecular weight is 373 g/mol. The van der Waals surface area contributed by atoms with Crippen LogP contribution in [-0.2, 0) is 9.53 Å². The van der Waals surface area contributed by atoms with E-state index < -0.39 is 6.10 Å². The van der Waals surface area contributed by atoms with Crippen molar-refractivity contribution in [1.29, 1.82) is 0 Å². The van der Waals surface area contributed by atoms with Crippen LogP contribution < -0.4 is 4.74 Å². The molecule has 1 saturated heterocycles. The standard InChI is InChI=1S/C20H27N3O4/c1-12(2)16-7-6-13(3)10-17(16)26-14(4)20(24)23-8-9-25-18(11-23)19-21-15(5)27-22-19/h6-7,10,12,14,18H,8-9,11H2,1-5H3. The molecule has 1 aromatic carbocycles. The molecule has 0 bridgehead atoms. The van der Waals surface area contributed by atoms with Crippen LogP contribution in [0.15, 0.2) is 22.7 Å². The van der Waals surface area contributed by atoms with E-state index in [0.717, 1.165) is 16.9 Å². The highest BCUT2D eigenvalue weighted by molar-refractivity contribution is 5.81. The van der Waals surface area contributed by atoms with Gasteiger partial charge in [-0.25, -0.2) is 0 Å². The number of aromatic nitrogens is 2. The fourth-order valence-corrected chi connectivity index (χ4v) is 3.17. The van der Waals surface area contributed by atoms with Gasteiger partial charge in [0.15, 0.2) is 6.10 Å². The van der Waals surface area contributed by atoms with Crippen molar-refractivity contribution in [2.24, 2.45) is 0 Å². The van der Waals surface area contributed by atoms with Gasteiger partial charge in [-0.05, 0) is 37.0 Å². The molecule has 2 unspecified atom stereocenters. The molecule has 0 aliphatic carbocycles. The third-order valence-electron chi connectivity index (χ3n) is 4.65. The molecule has 2 heterocycles. The minimum absolute atomic E-state index is 0.0697. The molecule has 2 aromatic rings. The number of amides is 1. The molecule has 7 heteroatoms. The van der Waals surface area contributed by atoms with Gasteiger partial charge in [0, 0.05) is 13.5 Å². The topological polar surface area (TPSA) is 77.7 Å². The molecular weight excluding hydrogens is 346 g/mol. The third-order valence-corrected chi connectivity index (χ3v) is 4.65. The van der Waals surface area contributed by atoms with E-state index in [0.29, 0.717) is 37.3 Å². The van der Waals surface area contributed by atoms with E-state index >= 15 is 0 Å². The molecule has 0 spiro atoms. The van der Waals surface area contributed by atoms with Crippen molar-refractivity contribution < 1.29 is 18.8 Å². The third kappa shape index (κ3) is 4.47. The Hall–Kier alpha value is -2.41. The van der Waals surface area contributed by atoms with Crippen molar-refractivity contribution in [3.8, 4) is 5.75 Å². The maximum Gasteiger partial charge on any atom is 0.263 e. The van der Waals surface area contributed by atoms with Crippen molar-refractivity contribution in [3.63, 3.8) is 0 Å². The van der Waals surface area contributed by atoms with Gasteiger partial charge < -0.3 is 18.9 Å². The molecule has 1 aliphatic rings. The number of hydrogen-bond donors (Lipinski definition) is 0. The Labute approximate surface area is 159 Å². The largest absolute Gasteiger partial charge is 0.481 e. The number of carbonyl (C=O) groups excluding carboxylic acids is 1. The maximum atomic E-state index is 12.9. The van der Waals surface area contributed by atoms with Crippen LogP contribution in [0.5, 0.6) is 5.75 Å². The van der Waals surface area contributed by atoms with Crippen LogP contribution in [0.1, 0.15) is 55.6 Å². The van der Waals surface area contributed by atoms with Crippen molar-refractivity contribution in [2.75, 3.05) is 19.7 Å². The number of morpholine rings is 1. The van der Waals surface area contributed by atoms with Crippen LogP contribution in [0.3, 0.4) is 0 Å². The van der Waals surface area contributed by atoms with E-state index in [1.54, 1.807) is 18.7 Å². The first-order chi connectivity index (χ1) is 12.8. The summed E-state index contributed by atoms with van der Waals surface area (Å²) in [6.07, 6.45) is -0.965. The van der Waals surface area contributed by atoms with E-state index in [1.807, 2.05) is 13.0 Å². The zero-order valence-electron chi connectivity index (χ0n) is 16.6. The molecule has 1 fully saturated rings. The Morgan fingerprint density at radius 3 is 2.74 bits per heavy atom. The Bertz CT molecular complexity index is 802. The summed E-state index contributed by atoms with van der Waals surface area (Å²) in [6, 6.07) is 6.12. The average Bonchev–Trinajstić information content (AvgIpc) is 3.07. The predicted octanol–water partition coefficient (Wildman–Crippen LogP) is 3.18. The van der Waals surface area contributed by atoms with Gasteiger partial charge in [-0.3, -0.25) is 4.79 Å². The van der Waals surface area contributed by atoms with Crippen LogP contribution in [0.25, 0.3) is 0 Å². The highest BCUT2D eigenvalue weighted by Crippen LogP contribution is 2.29. The van der Waals surface area contributed by atoms with Crippen LogP contribution >= 0.6 is 0 Å². The van der Waals surface area contributed by atoms with Gasteiger partial charge in [-0.15, -0.1) is 0 Å². The molecule has 27 heavy (non-hydrogen) atoms. The lowest BCUT2D eigenvalue weighted by Crippen LogP contribution is -2.47. The molecule has 1 aliphatic heterocycles. The zero-order valence-corrected chi connectivity index (χ0v) is 16.6. The van der Waals surface area contributed by atoms with Crippen molar-refractivity contribution >= 4 is 5.91 Å². The Balaban J connectivity index is 1.69. The minimum Gasteiger partial charge on any atom is -0.481 e. The van der Waals surface area contributed by atoms with E-state index in [4.69, 9.17) is 14.0 Å². The summed E-state index contributed by atoms with van der Waals surface area (Å²) in [5.41, 5.74) is 2.20. The Kier molecular flexibility index (Phi) is 5.79. The first kappa shape index (κ1) is 19.4. The molecule has 0 N–H and O–H groups in total. The smallest absolute Gasteiger partial charge is 0.263 e. The molecule has 0 radical (unpaired) electrons. The summed E-state index contributed by atoms with van der Waals surface area (Å²) < 4.78 is 16.8. The summed E-state index contributed by atoms with van der Waals surface area (Å²) in [7, 11) is 0. The van der Waals surface area contributed by atoms with Crippen LogP contribution in [0, 0.1) is 13.8 Å². The summed E-state index contributed by atoms with van der Waals surface area (Å²) in [5, 5.41) is 3.91. The number of nitrogens with zero attached hydrogens (tertiary/aromatic N) is 3. The summed E-state index contributed by atoms with van der Waals surface area (Å²) in [4.78, 5) is 18.9. The molecule has 7 nitrogen and oxygen atoms in total. The highest BCUT2D eigenvalue weighted by atomic mass is 16.5. The number of aryl methyl sites for hydroxylation is 2. The minimum atomic E-state index is -0.588. The van der Waals surface area contributed by atoms with Gasteiger partial charge in [0.1, 0.15) is 11.9 Å². The van der Waals surface area contributed by atoms with Crippen LogP contribution in [0.4, 0.5) is 0 Å². The highest BCUT2D eigenvalue weighted by Gasteiger charge is 2.31. The van der Waals surface area contributed by atoms with Gasteiger partial charge in [0.05, 0.1) is 13.2 Å². The lowest BCUT2D eigenvalue weighted by molar-refractivity contribution is -0.146. The van der Waals surface area contributed by atoms with Crippen molar-refractivity contribution in [3.05, 3.63) is 41.0 Å². The summed E-state index contributed by atoms with van der Waals surface area (Å²) in [6.45, 7) is 11.1. The van der Waals surface area contributed by atoms with Gasteiger partial charge in [0.2, 0.25) is 11.7 Å². The second kappa shape index (κ2) is 8.08. The number of rotatable bonds is 5. The van der Waals surface area contributed by atoms with Gasteiger partial charge in [-0.2, -0.15) is 4.98 Å². The fraction of sp³-hybridized carbons (Fsp3) is 0.550. The van der Waals surface area contributed by atoms with Gasteiger partial charge in [-0.1, -0.05) is 31.1 Å². The van der Waals surface area contributed by atoms with Crippen molar-refractivity contribution in [2.45, 2.75) is 52.7 Å². The molecule has 1 amide bonds. The maximum absolute atomic E-state index is 12.9. The van der Waals surface area contributed by atoms with Gasteiger partial charge in [0.25, 0.3) is 5.91 Å². The first-order valence-corrected chi connectivity index (χ1v) is 9.33. The van der Waals surface area contributed by atoms with E-state index in [9.17, 15) is 4.79 Å². The molecule has 2 atom stereocenters. The molecule has 3 rings (SSSR count). The molecular formula is C20H27N3O4. The van der Waals surface area contributed by atoms with E-state index in [-0.39, 0.29) is 12.0 Å². The summed E-state index contributed by atoms with van der Waals surface area (Å²) >= 11 is 0. The molecule has 146 valence electrons. The van der Waals surface area contributed by atoms with Crippen LogP contribution in [0.2, 0.25) is 0 Å². The summed E-state index contributed by atoms with van der Waals surface area (Å²) in [5.74, 6) is 1.97. The predicted molar refractivity (Wildman–Crippen MR) is 99.7 cm³/mol. The van der Waals surface area contributed by atoms with E-state index in [1.165, 1.54) is 0 Å². The fourth-order valence-electron chi connectivity index (χ4n) is 3.17. The SMILES string of the molecule is Cc1ccc(C(C)C)c(OC(C)C(=O)N2CCOC(c3noc(C)n3)C2)c1. The van der Waals surface area contributed by atoms with E-state index in [2.05, 4.69) is 36.1 Å². The first-order valence-electron chi connectivity index (χ1n) is 9.33. The number of hydrogen-bond acceptors (Lipinski definition) is 6. The lowest BCUT2D eigenvalue weighted by Gasteiger charge is -2.33. The lowest BCUT2D eigenvalue weighted by atomic mass is 10.0. The molecule has 1 aromatic heterocycles. The Morgan fingerprint density at radius 1 is 1.30 bits per heavy atom. The number of benzene rings is 1. The second-order valence-electron chi connectivity index (χ2n) is 7.27. The number of carbonyl (C=O) groups is 1. The van der Waals surface area contributed by atoms with Crippen molar-refractivity contribution in [1.82, 2.24) is 15.0 Å².